The van der Waals surface area contributed by atoms with Crippen LogP contribution in [-0.2, 0) is 11.3 Å². The van der Waals surface area contributed by atoms with Crippen molar-refractivity contribution in [2.45, 2.75) is 20.4 Å². The first kappa shape index (κ1) is 19.8. The van der Waals surface area contributed by atoms with E-state index in [4.69, 9.17) is 21.1 Å². The van der Waals surface area contributed by atoms with Crippen LogP contribution in [-0.4, -0.2) is 19.6 Å². The number of carbonyl (C=O) groups is 1. The maximum Gasteiger partial charge on any atom is 0.244 e. The van der Waals surface area contributed by atoms with Crippen LogP contribution in [0.5, 0.6) is 11.5 Å². The lowest BCUT2D eigenvalue weighted by Crippen LogP contribution is -2.20. The summed E-state index contributed by atoms with van der Waals surface area (Å²) in [4.78, 5) is 12.0. The van der Waals surface area contributed by atoms with Crippen LogP contribution in [0.1, 0.15) is 23.6 Å². The van der Waals surface area contributed by atoms with Gasteiger partial charge in [0.1, 0.15) is 5.82 Å². The summed E-state index contributed by atoms with van der Waals surface area (Å²) in [6, 6.07) is 8.30. The van der Waals surface area contributed by atoms with Crippen LogP contribution >= 0.6 is 11.6 Å². The Bertz CT molecular complexity index is 821. The van der Waals surface area contributed by atoms with E-state index in [1.165, 1.54) is 19.3 Å². The summed E-state index contributed by atoms with van der Waals surface area (Å²) >= 11 is 6.18. The number of hydrogen-bond donors (Lipinski definition) is 1. The molecule has 6 heteroatoms. The highest BCUT2D eigenvalue weighted by molar-refractivity contribution is 6.32. The van der Waals surface area contributed by atoms with Crippen molar-refractivity contribution < 1.29 is 18.7 Å². The highest BCUT2D eigenvalue weighted by Crippen LogP contribution is 2.36. The van der Waals surface area contributed by atoms with Crippen molar-refractivity contribution in [3.8, 4) is 11.5 Å². The van der Waals surface area contributed by atoms with E-state index in [0.717, 1.165) is 0 Å². The van der Waals surface area contributed by atoms with Crippen molar-refractivity contribution >= 4 is 23.6 Å². The quantitative estimate of drug-likeness (QED) is 0.721. The zero-order valence-electron chi connectivity index (χ0n) is 14.9. The van der Waals surface area contributed by atoms with Crippen molar-refractivity contribution in [1.82, 2.24) is 5.32 Å². The standard InChI is InChI=1S/C20H21ClFNO3/c1-4-26-18-11-14(9-16(21)20(18)25-3)7-8-19(24)23-12-15-6-5-13(2)17(22)10-15/h5-11H,4,12H2,1-3H3,(H,23,24)/b8-7+. The number of carbonyl (C=O) groups excluding carboxylic acids is 1. The van der Waals surface area contributed by atoms with E-state index in [0.29, 0.717) is 39.8 Å². The van der Waals surface area contributed by atoms with Gasteiger partial charge in [-0.2, -0.15) is 0 Å². The first-order valence-electron chi connectivity index (χ1n) is 8.15. The SMILES string of the molecule is CCOc1cc(/C=C/C(=O)NCc2ccc(C)c(F)c2)cc(Cl)c1OC. The van der Waals surface area contributed by atoms with E-state index in [2.05, 4.69) is 5.32 Å². The van der Waals surface area contributed by atoms with Gasteiger partial charge in [-0.15, -0.1) is 0 Å². The van der Waals surface area contributed by atoms with Crippen LogP contribution in [0.3, 0.4) is 0 Å². The normalized spacial score (nSPS) is 10.8. The average molecular weight is 378 g/mol. The molecule has 0 spiro atoms. The third-order valence-electron chi connectivity index (χ3n) is 3.67. The zero-order chi connectivity index (χ0) is 19.1. The molecule has 0 unspecified atom stereocenters. The molecule has 0 radical (unpaired) electrons. The number of aryl methyl sites for hydroxylation is 1. The molecule has 0 saturated heterocycles. The maximum atomic E-state index is 13.5. The average Bonchev–Trinajstić information content (AvgIpc) is 2.61. The Morgan fingerprint density at radius 1 is 1.31 bits per heavy atom. The molecule has 1 amide bonds. The Labute approximate surface area is 157 Å². The fourth-order valence-corrected chi connectivity index (χ4v) is 2.61. The van der Waals surface area contributed by atoms with Gasteiger partial charge in [0.05, 0.1) is 18.7 Å². The summed E-state index contributed by atoms with van der Waals surface area (Å²) in [6.07, 6.45) is 3.01. The molecular formula is C20H21ClFNO3. The molecule has 0 aliphatic heterocycles. The number of methoxy groups -OCH3 is 1. The van der Waals surface area contributed by atoms with Crippen molar-refractivity contribution in [3.05, 3.63) is 63.9 Å². The van der Waals surface area contributed by atoms with Gasteiger partial charge in [-0.3, -0.25) is 4.79 Å². The van der Waals surface area contributed by atoms with Crippen LogP contribution in [0.2, 0.25) is 5.02 Å². The van der Waals surface area contributed by atoms with Crippen molar-refractivity contribution in [2.75, 3.05) is 13.7 Å². The number of hydrogen-bond acceptors (Lipinski definition) is 3. The lowest BCUT2D eigenvalue weighted by Gasteiger charge is -2.11. The largest absolute Gasteiger partial charge is 0.491 e. The molecule has 4 nitrogen and oxygen atoms in total. The first-order chi connectivity index (χ1) is 12.4. The second-order valence-electron chi connectivity index (χ2n) is 5.60. The van der Waals surface area contributed by atoms with E-state index in [1.54, 1.807) is 37.3 Å². The van der Waals surface area contributed by atoms with E-state index in [9.17, 15) is 9.18 Å². The van der Waals surface area contributed by atoms with Crippen molar-refractivity contribution in [2.24, 2.45) is 0 Å². The molecule has 0 aromatic heterocycles. The van der Waals surface area contributed by atoms with Gasteiger partial charge in [0.2, 0.25) is 5.91 Å². The predicted molar refractivity (Wildman–Crippen MR) is 101 cm³/mol. The minimum Gasteiger partial charge on any atom is -0.491 e. The lowest BCUT2D eigenvalue weighted by molar-refractivity contribution is -0.116. The smallest absolute Gasteiger partial charge is 0.244 e. The summed E-state index contributed by atoms with van der Waals surface area (Å²) in [7, 11) is 1.51. The summed E-state index contributed by atoms with van der Waals surface area (Å²) in [6.45, 7) is 4.26. The predicted octanol–water partition coefficient (Wildman–Crippen LogP) is 4.52. The maximum absolute atomic E-state index is 13.5. The van der Waals surface area contributed by atoms with Crippen molar-refractivity contribution in [3.63, 3.8) is 0 Å². The number of halogens is 2. The van der Waals surface area contributed by atoms with Gasteiger partial charge in [-0.05, 0) is 54.8 Å². The molecule has 0 aliphatic rings. The molecule has 2 rings (SSSR count). The summed E-state index contributed by atoms with van der Waals surface area (Å²) < 4.78 is 24.2. The number of benzene rings is 2. The second-order valence-corrected chi connectivity index (χ2v) is 6.01. The zero-order valence-corrected chi connectivity index (χ0v) is 15.7. The second kappa shape index (κ2) is 9.25. The molecule has 0 heterocycles. The Morgan fingerprint density at radius 3 is 2.73 bits per heavy atom. The molecule has 1 N–H and O–H groups in total. The number of rotatable bonds is 7. The topological polar surface area (TPSA) is 47.6 Å². The summed E-state index contributed by atoms with van der Waals surface area (Å²) in [5, 5.41) is 3.11. The van der Waals surface area contributed by atoms with E-state index < -0.39 is 0 Å². The highest BCUT2D eigenvalue weighted by atomic mass is 35.5. The molecule has 0 saturated carbocycles. The minimum absolute atomic E-state index is 0.244. The van der Waals surface area contributed by atoms with Gasteiger partial charge in [0.25, 0.3) is 0 Å². The van der Waals surface area contributed by atoms with Crippen LogP contribution in [0, 0.1) is 12.7 Å². The molecule has 2 aromatic carbocycles. The molecule has 2 aromatic rings. The van der Waals surface area contributed by atoms with Gasteiger partial charge < -0.3 is 14.8 Å². The van der Waals surface area contributed by atoms with Crippen LogP contribution in [0.4, 0.5) is 4.39 Å². The molecule has 0 atom stereocenters. The molecule has 0 fully saturated rings. The monoisotopic (exact) mass is 377 g/mol. The molecule has 138 valence electrons. The van der Waals surface area contributed by atoms with Crippen LogP contribution in [0.15, 0.2) is 36.4 Å². The third kappa shape index (κ3) is 5.23. The number of ether oxygens (including phenoxy) is 2. The van der Waals surface area contributed by atoms with E-state index in [-0.39, 0.29) is 18.3 Å². The van der Waals surface area contributed by atoms with Gasteiger partial charge in [0, 0.05) is 12.6 Å². The fraction of sp³-hybridized carbons (Fsp3) is 0.250. The Kier molecular flexibility index (Phi) is 7.04. The molecule has 0 bridgehead atoms. The number of amides is 1. The fourth-order valence-electron chi connectivity index (χ4n) is 2.31. The van der Waals surface area contributed by atoms with E-state index in [1.807, 2.05) is 6.92 Å². The first-order valence-corrected chi connectivity index (χ1v) is 8.53. The number of nitrogens with one attached hydrogen (secondary N) is 1. The van der Waals surface area contributed by atoms with Gasteiger partial charge >= 0.3 is 0 Å². The lowest BCUT2D eigenvalue weighted by atomic mass is 10.1. The highest BCUT2D eigenvalue weighted by Gasteiger charge is 2.10. The van der Waals surface area contributed by atoms with Gasteiger partial charge in [-0.25, -0.2) is 4.39 Å². The Hall–Kier alpha value is -2.53. The molecule has 0 aliphatic carbocycles. The summed E-state index contributed by atoms with van der Waals surface area (Å²) in [5.74, 6) is 0.383. The van der Waals surface area contributed by atoms with Gasteiger partial charge in [-0.1, -0.05) is 23.7 Å². The van der Waals surface area contributed by atoms with E-state index >= 15 is 0 Å². The third-order valence-corrected chi connectivity index (χ3v) is 3.95. The van der Waals surface area contributed by atoms with Crippen molar-refractivity contribution in [1.29, 1.82) is 0 Å². The summed E-state index contributed by atoms with van der Waals surface area (Å²) in [5.41, 5.74) is 1.97. The Balaban J connectivity index is 2.04. The van der Waals surface area contributed by atoms with Crippen LogP contribution < -0.4 is 14.8 Å². The Morgan fingerprint density at radius 2 is 2.08 bits per heavy atom. The van der Waals surface area contributed by atoms with Gasteiger partial charge in [0.15, 0.2) is 11.5 Å². The minimum atomic E-state index is -0.295. The van der Waals surface area contributed by atoms with Crippen LogP contribution in [0.25, 0.3) is 6.08 Å². The molecular weight excluding hydrogens is 357 g/mol. The molecule has 26 heavy (non-hydrogen) atoms.